The Balaban J connectivity index is 2.49. The van der Waals surface area contributed by atoms with Gasteiger partial charge in [-0.25, -0.2) is 0 Å². The molecule has 0 bridgehead atoms. The fourth-order valence-electron chi connectivity index (χ4n) is 3.43. The smallest absolute Gasteiger partial charge is 0.312 e. The molecule has 0 aliphatic rings. The Morgan fingerprint density at radius 1 is 1.11 bits per heavy atom. The highest BCUT2D eigenvalue weighted by Gasteiger charge is 2.44. The Morgan fingerprint density at radius 3 is 2.32 bits per heavy atom. The number of benzene rings is 2. The van der Waals surface area contributed by atoms with Crippen molar-refractivity contribution in [2.45, 2.75) is 38.2 Å². The van der Waals surface area contributed by atoms with Crippen molar-refractivity contribution in [1.82, 2.24) is 0 Å². The fourth-order valence-corrected chi connectivity index (χ4v) is 3.43. The maximum absolute atomic E-state index is 12.7. The van der Waals surface area contributed by atoms with Gasteiger partial charge in [-0.1, -0.05) is 74.6 Å². The van der Waals surface area contributed by atoms with Gasteiger partial charge in [0.15, 0.2) is 0 Å². The number of ether oxygens (including phenoxy) is 2. The topological polar surface area (TPSA) is 55.8 Å². The molecule has 2 atom stereocenters. The van der Waals surface area contributed by atoms with Crippen molar-refractivity contribution < 1.29 is 19.4 Å². The van der Waals surface area contributed by atoms with Gasteiger partial charge in [0.25, 0.3) is 0 Å². The van der Waals surface area contributed by atoms with E-state index in [1.807, 2.05) is 30.3 Å². The highest BCUT2D eigenvalue weighted by Crippen LogP contribution is 2.40. The predicted octanol–water partition coefficient (Wildman–Crippen LogP) is 4.30. The number of carbonyl (C=O) groups excluding carboxylic acids is 1. The third kappa shape index (κ3) is 4.94. The first-order chi connectivity index (χ1) is 13.6. The van der Waals surface area contributed by atoms with E-state index in [0.717, 1.165) is 19.3 Å². The number of terminal acetylenes is 1. The zero-order chi connectivity index (χ0) is 20.4. The summed E-state index contributed by atoms with van der Waals surface area (Å²) in [5.74, 6) is 1.89. The molecular weight excluding hydrogens is 352 g/mol. The van der Waals surface area contributed by atoms with Gasteiger partial charge in [-0.2, -0.15) is 0 Å². The third-order valence-corrected chi connectivity index (χ3v) is 4.92. The molecule has 0 aromatic heterocycles. The molecule has 0 saturated heterocycles. The van der Waals surface area contributed by atoms with Gasteiger partial charge >= 0.3 is 5.97 Å². The highest BCUT2D eigenvalue weighted by atomic mass is 16.5. The first-order valence-corrected chi connectivity index (χ1v) is 9.60. The second kappa shape index (κ2) is 10.5. The van der Waals surface area contributed by atoms with E-state index in [1.54, 1.807) is 24.3 Å². The van der Waals surface area contributed by atoms with Crippen molar-refractivity contribution in [2.24, 2.45) is 5.92 Å². The van der Waals surface area contributed by atoms with Gasteiger partial charge in [0.05, 0.1) is 13.0 Å². The Morgan fingerprint density at radius 2 is 1.75 bits per heavy atom. The van der Waals surface area contributed by atoms with Crippen LogP contribution in [0.5, 0.6) is 5.75 Å². The maximum atomic E-state index is 12.7. The number of carbonyl (C=O) groups is 1. The van der Waals surface area contributed by atoms with Gasteiger partial charge in [0.2, 0.25) is 0 Å². The lowest BCUT2D eigenvalue weighted by Crippen LogP contribution is -2.41. The summed E-state index contributed by atoms with van der Waals surface area (Å²) in [6, 6.07) is 16.3. The summed E-state index contributed by atoms with van der Waals surface area (Å²) in [6.07, 6.45) is 8.60. The summed E-state index contributed by atoms with van der Waals surface area (Å²) < 4.78 is 10.5. The lowest BCUT2D eigenvalue weighted by Gasteiger charge is -2.36. The van der Waals surface area contributed by atoms with E-state index in [-0.39, 0.29) is 6.61 Å². The molecule has 28 heavy (non-hydrogen) atoms. The lowest BCUT2D eigenvalue weighted by molar-refractivity contribution is -0.154. The predicted molar refractivity (Wildman–Crippen MR) is 110 cm³/mol. The molecule has 2 rings (SSSR count). The minimum atomic E-state index is -1.51. The summed E-state index contributed by atoms with van der Waals surface area (Å²) >= 11 is 0. The molecule has 0 spiro atoms. The van der Waals surface area contributed by atoms with E-state index in [9.17, 15) is 9.90 Å². The molecule has 0 saturated carbocycles. The van der Waals surface area contributed by atoms with Gasteiger partial charge in [-0.05, 0) is 29.7 Å². The minimum absolute atomic E-state index is 0.171. The largest absolute Gasteiger partial charge is 0.481 e. The number of unbranched alkanes of at least 4 members (excludes halogenated alkanes) is 2. The van der Waals surface area contributed by atoms with Crippen LogP contribution in [0.4, 0.5) is 0 Å². The molecule has 0 aliphatic heterocycles. The van der Waals surface area contributed by atoms with Crippen molar-refractivity contribution >= 4 is 5.97 Å². The van der Waals surface area contributed by atoms with Crippen LogP contribution >= 0.6 is 0 Å². The average Bonchev–Trinajstić information content (AvgIpc) is 2.75. The van der Waals surface area contributed by atoms with Gasteiger partial charge in [0, 0.05) is 0 Å². The summed E-state index contributed by atoms with van der Waals surface area (Å²) in [7, 11) is 1.36. The quantitative estimate of drug-likeness (QED) is 0.379. The van der Waals surface area contributed by atoms with Crippen LogP contribution in [0.15, 0.2) is 54.6 Å². The number of hydrogen-bond donors (Lipinski definition) is 1. The van der Waals surface area contributed by atoms with Crippen LogP contribution in [0.1, 0.15) is 43.7 Å². The van der Waals surface area contributed by atoms with E-state index >= 15 is 0 Å². The molecule has 148 valence electrons. The van der Waals surface area contributed by atoms with Crippen LogP contribution in [0.3, 0.4) is 0 Å². The zero-order valence-corrected chi connectivity index (χ0v) is 16.6. The number of esters is 1. The summed E-state index contributed by atoms with van der Waals surface area (Å²) in [4.78, 5) is 12.7. The summed E-state index contributed by atoms with van der Waals surface area (Å²) in [5.41, 5.74) is -0.245. The minimum Gasteiger partial charge on any atom is -0.481 e. The van der Waals surface area contributed by atoms with Gasteiger partial charge in [-0.15, -0.1) is 6.42 Å². The van der Waals surface area contributed by atoms with Crippen molar-refractivity contribution in [3.05, 3.63) is 65.7 Å². The SMILES string of the molecule is C#CCOc1ccc(C(O)(c2ccccc2)C(CCCCC)C(=O)OC)cc1. The molecule has 0 heterocycles. The van der Waals surface area contributed by atoms with Crippen molar-refractivity contribution in [3.8, 4) is 18.1 Å². The Bertz CT molecular complexity index is 777. The maximum Gasteiger partial charge on any atom is 0.312 e. The van der Waals surface area contributed by atoms with Crippen LogP contribution in [0.25, 0.3) is 0 Å². The molecular formula is C24H28O4. The highest BCUT2D eigenvalue weighted by molar-refractivity contribution is 5.75. The summed E-state index contributed by atoms with van der Waals surface area (Å²) in [6.45, 7) is 2.27. The Labute approximate surface area is 167 Å². The zero-order valence-electron chi connectivity index (χ0n) is 16.6. The number of aliphatic hydroxyl groups is 1. The van der Waals surface area contributed by atoms with Crippen molar-refractivity contribution in [3.63, 3.8) is 0 Å². The second-order valence-electron chi connectivity index (χ2n) is 6.72. The molecule has 0 aliphatic carbocycles. The molecule has 4 nitrogen and oxygen atoms in total. The van der Waals surface area contributed by atoms with Crippen LogP contribution in [0.2, 0.25) is 0 Å². The number of rotatable bonds is 10. The summed E-state index contributed by atoms with van der Waals surface area (Å²) in [5, 5.41) is 11.9. The Hall–Kier alpha value is -2.77. The van der Waals surface area contributed by atoms with E-state index < -0.39 is 17.5 Å². The average molecular weight is 380 g/mol. The molecule has 1 N–H and O–H groups in total. The standard InChI is InChI=1S/C24H28O4/c1-4-6-8-13-22(23(25)27-3)24(26,19-11-9-7-10-12-19)20-14-16-21(17-15-20)28-18-5-2/h2,7,9-12,14-17,22,26H,4,6,8,13,18H2,1,3H3. The molecule has 4 heteroatoms. The van der Waals surface area contributed by atoms with Crippen molar-refractivity contribution in [2.75, 3.05) is 13.7 Å². The molecule has 0 fully saturated rings. The molecule has 2 aromatic carbocycles. The number of methoxy groups -OCH3 is 1. The van der Waals surface area contributed by atoms with Crippen molar-refractivity contribution in [1.29, 1.82) is 0 Å². The van der Waals surface area contributed by atoms with Crippen LogP contribution in [-0.2, 0) is 15.1 Å². The first kappa shape index (κ1) is 21.5. The van der Waals surface area contributed by atoms with Gasteiger partial charge in [0.1, 0.15) is 18.0 Å². The van der Waals surface area contributed by atoms with Crippen LogP contribution < -0.4 is 4.74 Å². The fraction of sp³-hybridized carbons (Fsp3) is 0.375. The lowest BCUT2D eigenvalue weighted by atomic mass is 9.74. The molecule has 2 unspecified atom stereocenters. The molecule has 0 radical (unpaired) electrons. The molecule has 0 amide bonds. The van der Waals surface area contributed by atoms with E-state index in [1.165, 1.54) is 7.11 Å². The second-order valence-corrected chi connectivity index (χ2v) is 6.72. The van der Waals surface area contributed by atoms with Crippen LogP contribution in [-0.4, -0.2) is 24.8 Å². The van der Waals surface area contributed by atoms with E-state index in [4.69, 9.17) is 15.9 Å². The Kier molecular flexibility index (Phi) is 8.10. The molecule has 2 aromatic rings. The first-order valence-electron chi connectivity index (χ1n) is 9.60. The monoisotopic (exact) mass is 380 g/mol. The van der Waals surface area contributed by atoms with Gasteiger partial charge < -0.3 is 14.6 Å². The van der Waals surface area contributed by atoms with Gasteiger partial charge in [-0.3, -0.25) is 4.79 Å². The van der Waals surface area contributed by atoms with E-state index in [0.29, 0.717) is 23.3 Å². The van der Waals surface area contributed by atoms with Crippen LogP contribution in [0, 0.1) is 18.3 Å². The third-order valence-electron chi connectivity index (χ3n) is 4.92. The van der Waals surface area contributed by atoms with E-state index in [2.05, 4.69) is 12.8 Å². The normalized spacial score (nSPS) is 13.8. The number of hydrogen-bond acceptors (Lipinski definition) is 4.